The first-order chi connectivity index (χ1) is 9.52. The molecule has 0 aliphatic rings. The minimum Gasteiger partial charge on any atom is -0.398 e. The van der Waals surface area contributed by atoms with E-state index >= 15 is 0 Å². The van der Waals surface area contributed by atoms with Gasteiger partial charge in [-0.2, -0.15) is 0 Å². The summed E-state index contributed by atoms with van der Waals surface area (Å²) in [6, 6.07) is 9.52. The topological polar surface area (TPSA) is 46.3 Å². The maximum Gasteiger partial charge on any atom is 0.254 e. The zero-order valence-electron chi connectivity index (χ0n) is 11.5. The zero-order chi connectivity index (χ0) is 14.7. The molecule has 0 saturated carbocycles. The van der Waals surface area contributed by atoms with Gasteiger partial charge in [0.1, 0.15) is 0 Å². The number of carbonyl (C=O) groups excluding carboxylic acids is 1. The van der Waals surface area contributed by atoms with E-state index in [1.807, 2.05) is 49.1 Å². The molecule has 3 nitrogen and oxygen atoms in total. The van der Waals surface area contributed by atoms with Crippen molar-refractivity contribution in [1.82, 2.24) is 4.90 Å². The quantitative estimate of drug-likeness (QED) is 0.843. The van der Waals surface area contributed by atoms with Crippen LogP contribution in [0.1, 0.15) is 27.7 Å². The number of nitrogen functional groups attached to an aromatic ring is 1. The molecule has 106 valence electrons. The Kier molecular flexibility index (Phi) is 4.83. The van der Waals surface area contributed by atoms with Crippen molar-refractivity contribution < 1.29 is 4.79 Å². The van der Waals surface area contributed by atoms with Gasteiger partial charge in [-0.25, -0.2) is 0 Å². The van der Waals surface area contributed by atoms with Crippen molar-refractivity contribution >= 4 is 38.9 Å². The average molecular weight is 353 g/mol. The third-order valence-corrected chi connectivity index (χ3v) is 4.86. The van der Waals surface area contributed by atoms with Crippen molar-refractivity contribution in [3.05, 3.63) is 50.1 Å². The van der Waals surface area contributed by atoms with Crippen molar-refractivity contribution in [3.63, 3.8) is 0 Å². The molecule has 0 atom stereocenters. The maximum atomic E-state index is 12.6. The molecule has 0 aliphatic heterocycles. The van der Waals surface area contributed by atoms with Crippen molar-refractivity contribution in [2.75, 3.05) is 12.3 Å². The predicted molar refractivity (Wildman–Crippen MR) is 88.0 cm³/mol. The highest BCUT2D eigenvalue weighted by molar-refractivity contribution is 9.11. The molecule has 2 N–H and O–H groups in total. The van der Waals surface area contributed by atoms with Crippen molar-refractivity contribution in [2.24, 2.45) is 0 Å². The minimum atomic E-state index is 0.0295. The Morgan fingerprint density at radius 1 is 1.35 bits per heavy atom. The number of benzene rings is 1. The molecule has 0 saturated heterocycles. The van der Waals surface area contributed by atoms with Gasteiger partial charge >= 0.3 is 0 Å². The number of hydrogen-bond donors (Lipinski definition) is 1. The molecule has 5 heteroatoms. The van der Waals surface area contributed by atoms with Crippen LogP contribution in [0.2, 0.25) is 0 Å². The molecular weight excluding hydrogens is 336 g/mol. The van der Waals surface area contributed by atoms with E-state index in [2.05, 4.69) is 15.9 Å². The van der Waals surface area contributed by atoms with Gasteiger partial charge in [-0.3, -0.25) is 4.79 Å². The minimum absolute atomic E-state index is 0.0295. The Bertz CT molecular complexity index is 624. The Balaban J connectivity index is 2.23. The van der Waals surface area contributed by atoms with Crippen LogP contribution in [0.5, 0.6) is 0 Å². The normalized spacial score (nSPS) is 10.6. The third kappa shape index (κ3) is 3.22. The average Bonchev–Trinajstić information content (AvgIpc) is 2.84. The molecule has 2 rings (SSSR count). The van der Waals surface area contributed by atoms with Gasteiger partial charge in [0, 0.05) is 22.7 Å². The lowest BCUT2D eigenvalue weighted by atomic mass is 10.1. The second kappa shape index (κ2) is 6.41. The molecule has 0 unspecified atom stereocenters. The number of nitrogens with zero attached hydrogens (tertiary/aromatic N) is 1. The van der Waals surface area contributed by atoms with E-state index < -0.39 is 0 Å². The second-order valence-corrected chi connectivity index (χ2v) is 7.09. The van der Waals surface area contributed by atoms with Crippen molar-refractivity contribution in [3.8, 4) is 0 Å². The lowest BCUT2D eigenvalue weighted by Crippen LogP contribution is -2.30. The fourth-order valence-electron chi connectivity index (χ4n) is 2.01. The summed E-state index contributed by atoms with van der Waals surface area (Å²) < 4.78 is 1.08. The Labute approximate surface area is 131 Å². The highest BCUT2D eigenvalue weighted by atomic mass is 79.9. The van der Waals surface area contributed by atoms with Crippen molar-refractivity contribution in [1.29, 1.82) is 0 Å². The molecule has 0 fully saturated rings. The molecule has 0 spiro atoms. The lowest BCUT2D eigenvalue weighted by molar-refractivity contribution is 0.0753. The summed E-state index contributed by atoms with van der Waals surface area (Å²) in [5, 5.41) is 0. The maximum absolute atomic E-state index is 12.6. The number of thiophene rings is 1. The first kappa shape index (κ1) is 15.1. The van der Waals surface area contributed by atoms with Crippen LogP contribution >= 0.6 is 27.3 Å². The monoisotopic (exact) mass is 352 g/mol. The molecule has 0 bridgehead atoms. The van der Waals surface area contributed by atoms with Crippen LogP contribution in [0.15, 0.2) is 34.1 Å². The molecule has 1 aromatic heterocycles. The van der Waals surface area contributed by atoms with Crippen LogP contribution in [0, 0.1) is 6.92 Å². The summed E-state index contributed by atoms with van der Waals surface area (Å²) in [5.41, 5.74) is 8.07. The fraction of sp³-hybridized carbons (Fsp3) is 0.267. The van der Waals surface area contributed by atoms with E-state index in [9.17, 15) is 4.79 Å². The van der Waals surface area contributed by atoms with Gasteiger partial charge in [0.15, 0.2) is 0 Å². The number of hydrogen-bond acceptors (Lipinski definition) is 3. The molecule has 1 amide bonds. The first-order valence-corrected chi connectivity index (χ1v) is 8.02. The Morgan fingerprint density at radius 3 is 2.70 bits per heavy atom. The van der Waals surface area contributed by atoms with E-state index in [-0.39, 0.29) is 5.91 Å². The van der Waals surface area contributed by atoms with Gasteiger partial charge < -0.3 is 10.6 Å². The van der Waals surface area contributed by atoms with E-state index in [1.54, 1.807) is 11.3 Å². The third-order valence-electron chi connectivity index (χ3n) is 3.25. The molecular formula is C15H17BrN2OS. The van der Waals surface area contributed by atoms with Gasteiger partial charge in [0.05, 0.1) is 10.3 Å². The van der Waals surface area contributed by atoms with Crippen LogP contribution < -0.4 is 5.73 Å². The molecule has 1 aromatic carbocycles. The molecule has 2 aromatic rings. The summed E-state index contributed by atoms with van der Waals surface area (Å²) >= 11 is 5.10. The molecule has 1 heterocycles. The summed E-state index contributed by atoms with van der Waals surface area (Å²) in [4.78, 5) is 15.6. The number of nitrogens with two attached hydrogens (primary N) is 1. The fourth-order valence-corrected chi connectivity index (χ4v) is 3.51. The number of amides is 1. The smallest absolute Gasteiger partial charge is 0.254 e. The second-order valence-electron chi connectivity index (χ2n) is 4.54. The Hall–Kier alpha value is -1.33. The van der Waals surface area contributed by atoms with E-state index in [0.717, 1.165) is 14.2 Å². The van der Waals surface area contributed by atoms with Gasteiger partial charge in [-0.1, -0.05) is 6.07 Å². The van der Waals surface area contributed by atoms with Gasteiger partial charge in [-0.05, 0) is 59.6 Å². The highest BCUT2D eigenvalue weighted by Crippen LogP contribution is 2.24. The number of halogens is 1. The summed E-state index contributed by atoms with van der Waals surface area (Å²) in [5.74, 6) is 0.0295. The van der Waals surface area contributed by atoms with Crippen LogP contribution in [0.4, 0.5) is 5.69 Å². The number of rotatable bonds is 4. The Morgan fingerprint density at radius 2 is 2.10 bits per heavy atom. The summed E-state index contributed by atoms with van der Waals surface area (Å²) in [6.45, 7) is 5.17. The zero-order valence-corrected chi connectivity index (χ0v) is 13.9. The first-order valence-electron chi connectivity index (χ1n) is 6.41. The lowest BCUT2D eigenvalue weighted by Gasteiger charge is -2.21. The van der Waals surface area contributed by atoms with Gasteiger partial charge in [0.2, 0.25) is 0 Å². The van der Waals surface area contributed by atoms with E-state index in [0.29, 0.717) is 24.3 Å². The molecule has 0 radical (unpaired) electrons. The largest absolute Gasteiger partial charge is 0.398 e. The standard InChI is InChI=1S/C15H17BrN2OS/c1-3-18(9-11-7-8-14(16)20-11)15(19)12-5-4-6-13(17)10(12)2/h4-8H,3,9,17H2,1-2H3. The van der Waals surface area contributed by atoms with Crippen LogP contribution in [-0.2, 0) is 6.54 Å². The van der Waals surface area contributed by atoms with Gasteiger partial charge in [0.25, 0.3) is 5.91 Å². The highest BCUT2D eigenvalue weighted by Gasteiger charge is 2.18. The predicted octanol–water partition coefficient (Wildman–Crippen LogP) is 4.06. The van der Waals surface area contributed by atoms with Crippen molar-refractivity contribution in [2.45, 2.75) is 20.4 Å². The van der Waals surface area contributed by atoms with Crippen LogP contribution in [0.25, 0.3) is 0 Å². The summed E-state index contributed by atoms with van der Waals surface area (Å²) in [6.07, 6.45) is 0. The number of anilines is 1. The van der Waals surface area contributed by atoms with Crippen LogP contribution in [0.3, 0.4) is 0 Å². The van der Waals surface area contributed by atoms with E-state index in [4.69, 9.17) is 5.73 Å². The number of carbonyl (C=O) groups is 1. The van der Waals surface area contributed by atoms with Crippen LogP contribution in [-0.4, -0.2) is 17.4 Å². The van der Waals surface area contributed by atoms with E-state index in [1.165, 1.54) is 0 Å². The SMILES string of the molecule is CCN(Cc1ccc(Br)s1)C(=O)c1cccc(N)c1C. The van der Waals surface area contributed by atoms with Gasteiger partial charge in [-0.15, -0.1) is 11.3 Å². The summed E-state index contributed by atoms with van der Waals surface area (Å²) in [7, 11) is 0. The molecule has 20 heavy (non-hydrogen) atoms. The molecule has 0 aliphatic carbocycles.